The Hall–Kier alpha value is -2.86. The lowest BCUT2D eigenvalue weighted by atomic mass is 10.1. The number of carbonyl (C=O) groups is 1. The van der Waals surface area contributed by atoms with Crippen molar-refractivity contribution in [2.45, 2.75) is 6.92 Å². The maximum atomic E-state index is 12.0. The first-order chi connectivity index (χ1) is 11.4. The SMILES string of the molecule is COc1ccc(Cl)cc1/C=C/C(=O)Nc1ccc(C)cc1[N+](=O)[O-]. The van der Waals surface area contributed by atoms with E-state index in [1.54, 1.807) is 31.2 Å². The van der Waals surface area contributed by atoms with Crippen LogP contribution in [0.25, 0.3) is 6.08 Å². The van der Waals surface area contributed by atoms with Crippen LogP contribution in [0.5, 0.6) is 5.75 Å². The fourth-order valence-corrected chi connectivity index (χ4v) is 2.25. The van der Waals surface area contributed by atoms with Crippen molar-refractivity contribution in [2.75, 3.05) is 12.4 Å². The van der Waals surface area contributed by atoms with Crippen LogP contribution >= 0.6 is 11.6 Å². The highest BCUT2D eigenvalue weighted by molar-refractivity contribution is 6.30. The highest BCUT2D eigenvalue weighted by Gasteiger charge is 2.15. The molecule has 0 aliphatic rings. The smallest absolute Gasteiger partial charge is 0.293 e. The molecule has 0 spiro atoms. The second-order valence-electron chi connectivity index (χ2n) is 4.99. The second-order valence-corrected chi connectivity index (χ2v) is 5.42. The van der Waals surface area contributed by atoms with Crippen LogP contribution < -0.4 is 10.1 Å². The molecule has 24 heavy (non-hydrogen) atoms. The molecule has 0 saturated heterocycles. The van der Waals surface area contributed by atoms with Crippen molar-refractivity contribution in [3.63, 3.8) is 0 Å². The van der Waals surface area contributed by atoms with Gasteiger partial charge in [-0.1, -0.05) is 17.7 Å². The summed E-state index contributed by atoms with van der Waals surface area (Å²) in [5, 5.41) is 14.1. The average Bonchev–Trinajstić information content (AvgIpc) is 2.54. The summed E-state index contributed by atoms with van der Waals surface area (Å²) < 4.78 is 5.18. The quantitative estimate of drug-likeness (QED) is 0.499. The number of anilines is 1. The maximum absolute atomic E-state index is 12.0. The van der Waals surface area contributed by atoms with Gasteiger partial charge in [0.05, 0.1) is 12.0 Å². The number of hydrogen-bond donors (Lipinski definition) is 1. The summed E-state index contributed by atoms with van der Waals surface area (Å²) in [6, 6.07) is 9.60. The van der Waals surface area contributed by atoms with Crippen molar-refractivity contribution in [1.29, 1.82) is 0 Å². The van der Waals surface area contributed by atoms with Crippen LogP contribution in [-0.2, 0) is 4.79 Å². The zero-order valence-corrected chi connectivity index (χ0v) is 13.8. The third kappa shape index (κ3) is 4.33. The zero-order chi connectivity index (χ0) is 17.7. The predicted molar refractivity (Wildman–Crippen MR) is 93.5 cm³/mol. The van der Waals surface area contributed by atoms with Gasteiger partial charge in [-0.2, -0.15) is 0 Å². The summed E-state index contributed by atoms with van der Waals surface area (Å²) in [5.41, 5.74) is 1.34. The Morgan fingerprint density at radius 3 is 2.71 bits per heavy atom. The number of methoxy groups -OCH3 is 1. The molecule has 2 rings (SSSR count). The molecule has 0 aliphatic carbocycles. The molecule has 2 aromatic carbocycles. The van der Waals surface area contributed by atoms with E-state index in [0.29, 0.717) is 16.3 Å². The number of rotatable bonds is 5. The lowest BCUT2D eigenvalue weighted by Crippen LogP contribution is -2.09. The monoisotopic (exact) mass is 346 g/mol. The molecule has 0 atom stereocenters. The van der Waals surface area contributed by atoms with Gasteiger partial charge in [0.1, 0.15) is 11.4 Å². The number of nitro benzene ring substituents is 1. The van der Waals surface area contributed by atoms with Crippen molar-refractivity contribution in [3.8, 4) is 5.75 Å². The largest absolute Gasteiger partial charge is 0.496 e. The number of halogens is 1. The highest BCUT2D eigenvalue weighted by atomic mass is 35.5. The minimum Gasteiger partial charge on any atom is -0.496 e. The lowest BCUT2D eigenvalue weighted by molar-refractivity contribution is -0.384. The molecule has 0 bridgehead atoms. The molecule has 6 nitrogen and oxygen atoms in total. The molecule has 2 aromatic rings. The number of amides is 1. The Labute approximate surface area is 143 Å². The van der Waals surface area contributed by atoms with E-state index in [-0.39, 0.29) is 11.4 Å². The van der Waals surface area contributed by atoms with Crippen molar-refractivity contribution >= 4 is 35.0 Å². The van der Waals surface area contributed by atoms with Crippen molar-refractivity contribution in [2.24, 2.45) is 0 Å². The van der Waals surface area contributed by atoms with E-state index in [9.17, 15) is 14.9 Å². The second kappa shape index (κ2) is 7.61. The van der Waals surface area contributed by atoms with Crippen LogP contribution in [0, 0.1) is 17.0 Å². The van der Waals surface area contributed by atoms with Crippen LogP contribution in [0.1, 0.15) is 11.1 Å². The van der Waals surface area contributed by atoms with Crippen molar-refractivity contribution in [3.05, 3.63) is 68.7 Å². The number of carbonyl (C=O) groups excluding carboxylic acids is 1. The van der Waals surface area contributed by atoms with E-state index >= 15 is 0 Å². The molecule has 124 valence electrons. The number of benzene rings is 2. The van der Waals surface area contributed by atoms with E-state index in [2.05, 4.69) is 5.32 Å². The fraction of sp³-hybridized carbons (Fsp3) is 0.118. The molecule has 0 aliphatic heterocycles. The van der Waals surface area contributed by atoms with E-state index in [1.807, 2.05) is 0 Å². The molecule has 0 fully saturated rings. The van der Waals surface area contributed by atoms with Crippen LogP contribution in [0.2, 0.25) is 5.02 Å². The Morgan fingerprint density at radius 2 is 2.04 bits per heavy atom. The molecule has 0 aromatic heterocycles. The van der Waals surface area contributed by atoms with E-state index in [4.69, 9.17) is 16.3 Å². The van der Waals surface area contributed by atoms with Gasteiger partial charge >= 0.3 is 0 Å². The third-order valence-electron chi connectivity index (χ3n) is 3.21. The first-order valence-corrected chi connectivity index (χ1v) is 7.36. The summed E-state index contributed by atoms with van der Waals surface area (Å²) in [6.45, 7) is 1.74. The number of nitrogens with zero attached hydrogens (tertiary/aromatic N) is 1. The minimum atomic E-state index is -0.535. The molecule has 1 amide bonds. The maximum Gasteiger partial charge on any atom is 0.293 e. The van der Waals surface area contributed by atoms with Crippen LogP contribution in [0.15, 0.2) is 42.5 Å². The Kier molecular flexibility index (Phi) is 5.55. The van der Waals surface area contributed by atoms with Gasteiger partial charge in [0.25, 0.3) is 5.69 Å². The minimum absolute atomic E-state index is 0.137. The highest BCUT2D eigenvalue weighted by Crippen LogP contribution is 2.26. The third-order valence-corrected chi connectivity index (χ3v) is 3.45. The predicted octanol–water partition coefficient (Wildman–Crippen LogP) is 4.22. The number of aryl methyl sites for hydroxylation is 1. The standard InChI is InChI=1S/C17H15ClN2O4/c1-11-3-6-14(15(9-11)20(22)23)19-17(21)8-4-12-10-13(18)5-7-16(12)24-2/h3-10H,1-2H3,(H,19,21)/b8-4+. The van der Waals surface area contributed by atoms with Crippen molar-refractivity contribution in [1.82, 2.24) is 0 Å². The molecular weight excluding hydrogens is 332 g/mol. The summed E-state index contributed by atoms with van der Waals surface area (Å²) in [5.74, 6) is 0.0637. The van der Waals surface area contributed by atoms with Gasteiger partial charge in [0.15, 0.2) is 0 Å². The average molecular weight is 347 g/mol. The van der Waals surface area contributed by atoms with Gasteiger partial charge in [-0.05, 0) is 42.8 Å². The molecular formula is C17H15ClN2O4. The van der Waals surface area contributed by atoms with Gasteiger partial charge in [0, 0.05) is 22.7 Å². The number of hydrogen-bond acceptors (Lipinski definition) is 4. The topological polar surface area (TPSA) is 81.5 Å². The summed E-state index contributed by atoms with van der Waals surface area (Å²) in [6.07, 6.45) is 2.79. The summed E-state index contributed by atoms with van der Waals surface area (Å²) >= 11 is 5.92. The number of nitro groups is 1. The van der Waals surface area contributed by atoms with E-state index in [1.165, 1.54) is 31.4 Å². The van der Waals surface area contributed by atoms with Gasteiger partial charge < -0.3 is 10.1 Å². The number of nitrogens with one attached hydrogen (secondary N) is 1. The van der Waals surface area contributed by atoms with Gasteiger partial charge in [-0.25, -0.2) is 0 Å². The number of ether oxygens (including phenoxy) is 1. The van der Waals surface area contributed by atoms with Gasteiger partial charge in [-0.15, -0.1) is 0 Å². The first-order valence-electron chi connectivity index (χ1n) is 6.98. The van der Waals surface area contributed by atoms with Gasteiger partial charge in [-0.3, -0.25) is 14.9 Å². The van der Waals surface area contributed by atoms with E-state index in [0.717, 1.165) is 5.56 Å². The van der Waals surface area contributed by atoms with E-state index < -0.39 is 10.8 Å². The Morgan fingerprint density at radius 1 is 1.29 bits per heavy atom. The first kappa shape index (κ1) is 17.5. The normalized spacial score (nSPS) is 10.6. The van der Waals surface area contributed by atoms with Crippen LogP contribution in [-0.4, -0.2) is 17.9 Å². The molecule has 1 N–H and O–H groups in total. The summed E-state index contributed by atoms with van der Waals surface area (Å²) in [4.78, 5) is 22.6. The zero-order valence-electron chi connectivity index (χ0n) is 13.1. The Balaban J connectivity index is 2.20. The molecule has 0 unspecified atom stereocenters. The fourth-order valence-electron chi connectivity index (χ4n) is 2.07. The van der Waals surface area contributed by atoms with Crippen molar-refractivity contribution < 1.29 is 14.5 Å². The molecule has 7 heteroatoms. The molecule has 0 saturated carbocycles. The Bertz CT molecular complexity index is 818. The van der Waals surface area contributed by atoms with Crippen LogP contribution in [0.3, 0.4) is 0 Å². The molecule has 0 heterocycles. The van der Waals surface area contributed by atoms with Crippen LogP contribution in [0.4, 0.5) is 11.4 Å². The molecule has 0 radical (unpaired) electrons. The van der Waals surface area contributed by atoms with Gasteiger partial charge in [0.2, 0.25) is 5.91 Å². The summed E-state index contributed by atoms with van der Waals surface area (Å²) in [7, 11) is 1.51. The lowest BCUT2D eigenvalue weighted by Gasteiger charge is -2.06.